The summed E-state index contributed by atoms with van der Waals surface area (Å²) < 4.78 is 7.81. The second kappa shape index (κ2) is 6.93. The Kier molecular flexibility index (Phi) is 4.84. The van der Waals surface area contributed by atoms with E-state index < -0.39 is 35.8 Å². The third-order valence-electron chi connectivity index (χ3n) is 4.29. The van der Waals surface area contributed by atoms with Crippen LogP contribution < -0.4 is 22.3 Å². The number of nitrogen functional groups attached to an aromatic ring is 1. The van der Waals surface area contributed by atoms with Crippen molar-refractivity contribution in [3.05, 3.63) is 20.8 Å². The zero-order chi connectivity index (χ0) is 19.0. The van der Waals surface area contributed by atoms with Crippen LogP contribution >= 0.6 is 0 Å². The van der Waals surface area contributed by atoms with Crippen LogP contribution in [0.2, 0.25) is 0 Å². The normalized spacial score (nSPS) is 24.0. The van der Waals surface area contributed by atoms with Crippen LogP contribution in [0.4, 0.5) is 5.95 Å². The van der Waals surface area contributed by atoms with Crippen molar-refractivity contribution in [2.24, 2.45) is 0 Å². The summed E-state index contributed by atoms with van der Waals surface area (Å²) in [5.74, 6) is 2.12. The summed E-state index contributed by atoms with van der Waals surface area (Å²) in [5, 5.41) is 23.3. The van der Waals surface area contributed by atoms with Crippen LogP contribution in [0.5, 0.6) is 0 Å². The van der Waals surface area contributed by atoms with Gasteiger partial charge in [-0.2, -0.15) is 4.98 Å². The Morgan fingerprint density at radius 2 is 2.31 bits per heavy atom. The Hall–Kier alpha value is -2.65. The number of fused-ring (bicyclic) bond motifs is 1. The van der Waals surface area contributed by atoms with E-state index in [1.54, 1.807) is 7.05 Å². The second-order valence-electron chi connectivity index (χ2n) is 6.06. The van der Waals surface area contributed by atoms with E-state index in [4.69, 9.17) is 16.9 Å². The number of ether oxygens (including phenoxy) is 1. The molecule has 0 amide bonds. The SMILES string of the molecule is C#CCn1c(=O)n([C@@H]2O[C@H](C(O)CNC)C[C@H]2O)c2nc(N)[nH]c(=O)c21. The van der Waals surface area contributed by atoms with E-state index in [0.717, 1.165) is 9.13 Å². The number of H-pyrrole nitrogens is 1. The highest BCUT2D eigenvalue weighted by Crippen LogP contribution is 2.31. The van der Waals surface area contributed by atoms with Crippen LogP contribution in [0, 0.1) is 12.3 Å². The summed E-state index contributed by atoms with van der Waals surface area (Å²) in [7, 11) is 1.67. The molecule has 140 valence electrons. The van der Waals surface area contributed by atoms with Crippen molar-refractivity contribution in [3.63, 3.8) is 0 Å². The maximum atomic E-state index is 12.8. The van der Waals surface area contributed by atoms with E-state index in [2.05, 4.69) is 21.2 Å². The van der Waals surface area contributed by atoms with Gasteiger partial charge in [0.1, 0.15) is 6.10 Å². The van der Waals surface area contributed by atoms with Crippen molar-refractivity contribution in [2.75, 3.05) is 19.3 Å². The maximum Gasteiger partial charge on any atom is 0.333 e. The molecule has 6 N–H and O–H groups in total. The molecular formula is C15H20N6O5. The number of likely N-dealkylation sites (N-methyl/N-ethyl adjacent to an activating group) is 1. The highest BCUT2D eigenvalue weighted by atomic mass is 16.5. The Morgan fingerprint density at radius 1 is 1.58 bits per heavy atom. The summed E-state index contributed by atoms with van der Waals surface area (Å²) in [6, 6.07) is 0. The van der Waals surface area contributed by atoms with Gasteiger partial charge in [0.05, 0.1) is 18.8 Å². The standard InChI is InChI=1S/C15H20N6O5/c1-3-4-20-10-11(18-14(16)19-12(10)24)21(15(20)25)13-7(22)5-9(26-13)8(23)6-17-2/h1,7-9,13,17,22-23H,4-6H2,2H3,(H3,16,18,19,24)/t7-,8?,9+,13-/m1/s1. The van der Waals surface area contributed by atoms with Crippen LogP contribution in [0.25, 0.3) is 11.2 Å². The predicted octanol–water partition coefficient (Wildman–Crippen LogP) is -2.67. The van der Waals surface area contributed by atoms with Gasteiger partial charge >= 0.3 is 5.69 Å². The highest BCUT2D eigenvalue weighted by molar-refractivity contribution is 5.72. The number of hydrogen-bond donors (Lipinski definition) is 5. The number of imidazole rings is 1. The number of anilines is 1. The number of aromatic amines is 1. The van der Waals surface area contributed by atoms with Crippen LogP contribution in [0.1, 0.15) is 12.6 Å². The zero-order valence-corrected chi connectivity index (χ0v) is 14.0. The molecule has 2 aromatic rings. The van der Waals surface area contributed by atoms with Gasteiger partial charge in [-0.25, -0.2) is 9.36 Å². The molecule has 3 heterocycles. The molecule has 3 rings (SSSR count). The monoisotopic (exact) mass is 364 g/mol. The van der Waals surface area contributed by atoms with Gasteiger partial charge in [0.15, 0.2) is 17.4 Å². The fourth-order valence-electron chi connectivity index (χ4n) is 3.17. The van der Waals surface area contributed by atoms with Gasteiger partial charge in [-0.3, -0.25) is 14.3 Å². The Labute approximate surface area is 147 Å². The molecule has 0 aliphatic carbocycles. The number of nitrogens with zero attached hydrogens (tertiary/aromatic N) is 3. The number of aliphatic hydroxyl groups excluding tert-OH is 2. The molecule has 1 saturated heterocycles. The van der Waals surface area contributed by atoms with Gasteiger partial charge in [-0.05, 0) is 7.05 Å². The third kappa shape index (κ3) is 2.89. The smallest absolute Gasteiger partial charge is 0.333 e. The lowest BCUT2D eigenvalue weighted by Crippen LogP contribution is -2.35. The molecule has 1 unspecified atom stereocenters. The molecule has 1 aliphatic rings. The number of aromatic nitrogens is 4. The number of nitrogens with two attached hydrogens (primary N) is 1. The molecule has 4 atom stereocenters. The highest BCUT2D eigenvalue weighted by Gasteiger charge is 2.41. The predicted molar refractivity (Wildman–Crippen MR) is 92.3 cm³/mol. The van der Waals surface area contributed by atoms with Crippen molar-refractivity contribution in [3.8, 4) is 12.3 Å². The summed E-state index contributed by atoms with van der Waals surface area (Å²) in [5.41, 5.74) is 4.21. The fraction of sp³-hybridized carbons (Fsp3) is 0.533. The van der Waals surface area contributed by atoms with E-state index >= 15 is 0 Å². The van der Waals surface area contributed by atoms with Crippen LogP contribution in [-0.2, 0) is 11.3 Å². The number of rotatable bonds is 5. The van der Waals surface area contributed by atoms with Crippen molar-refractivity contribution < 1.29 is 14.9 Å². The van der Waals surface area contributed by atoms with Gasteiger partial charge in [0.25, 0.3) is 5.56 Å². The molecule has 0 bridgehead atoms. The first-order valence-corrected chi connectivity index (χ1v) is 7.99. The minimum Gasteiger partial charge on any atom is -0.389 e. The summed E-state index contributed by atoms with van der Waals surface area (Å²) in [6.45, 7) is 0.0916. The molecule has 1 aliphatic heterocycles. The van der Waals surface area contributed by atoms with Gasteiger partial charge in [-0.1, -0.05) is 5.92 Å². The minimum atomic E-state index is -1.13. The van der Waals surface area contributed by atoms with Gasteiger partial charge < -0.3 is 26.0 Å². The molecule has 26 heavy (non-hydrogen) atoms. The van der Waals surface area contributed by atoms with E-state index in [0.29, 0.717) is 0 Å². The average Bonchev–Trinajstić information content (AvgIpc) is 3.07. The lowest BCUT2D eigenvalue weighted by atomic mass is 10.1. The molecule has 0 saturated carbocycles. The fourth-order valence-corrected chi connectivity index (χ4v) is 3.17. The molecule has 2 aromatic heterocycles. The first-order valence-electron chi connectivity index (χ1n) is 7.99. The van der Waals surface area contributed by atoms with Crippen molar-refractivity contribution in [1.82, 2.24) is 24.4 Å². The van der Waals surface area contributed by atoms with Gasteiger partial charge in [0.2, 0.25) is 5.95 Å². The largest absolute Gasteiger partial charge is 0.389 e. The van der Waals surface area contributed by atoms with E-state index in [9.17, 15) is 19.8 Å². The number of hydrogen-bond acceptors (Lipinski definition) is 8. The quantitative estimate of drug-likeness (QED) is 0.359. The number of terminal acetylenes is 1. The van der Waals surface area contributed by atoms with Crippen molar-refractivity contribution in [2.45, 2.75) is 37.5 Å². The Balaban J connectivity index is 2.14. The Morgan fingerprint density at radius 3 is 2.96 bits per heavy atom. The lowest BCUT2D eigenvalue weighted by molar-refractivity contribution is -0.0743. The van der Waals surface area contributed by atoms with E-state index in [1.165, 1.54) is 0 Å². The lowest BCUT2D eigenvalue weighted by Gasteiger charge is -2.19. The molecular weight excluding hydrogens is 344 g/mol. The third-order valence-corrected chi connectivity index (χ3v) is 4.29. The van der Waals surface area contributed by atoms with E-state index in [-0.39, 0.29) is 36.6 Å². The molecule has 0 aromatic carbocycles. The van der Waals surface area contributed by atoms with Crippen molar-refractivity contribution >= 4 is 17.1 Å². The average molecular weight is 364 g/mol. The molecule has 11 heteroatoms. The zero-order valence-electron chi connectivity index (χ0n) is 14.0. The Bertz CT molecular complexity index is 970. The summed E-state index contributed by atoms with van der Waals surface area (Å²) in [6.07, 6.45) is 1.61. The van der Waals surface area contributed by atoms with Crippen molar-refractivity contribution in [1.29, 1.82) is 0 Å². The first-order chi connectivity index (χ1) is 12.4. The van der Waals surface area contributed by atoms with Crippen LogP contribution in [-0.4, -0.2) is 61.2 Å². The van der Waals surface area contributed by atoms with Gasteiger partial charge in [-0.15, -0.1) is 6.42 Å². The van der Waals surface area contributed by atoms with Crippen LogP contribution in [0.15, 0.2) is 9.59 Å². The molecule has 1 fully saturated rings. The number of aliphatic hydroxyl groups is 2. The second-order valence-corrected chi connectivity index (χ2v) is 6.06. The van der Waals surface area contributed by atoms with E-state index in [1.807, 2.05) is 0 Å². The summed E-state index contributed by atoms with van der Waals surface area (Å²) >= 11 is 0. The minimum absolute atomic E-state index is 0.0423. The first kappa shape index (κ1) is 18.2. The van der Waals surface area contributed by atoms with Crippen LogP contribution in [0.3, 0.4) is 0 Å². The maximum absolute atomic E-state index is 12.8. The van der Waals surface area contributed by atoms with Gasteiger partial charge in [0, 0.05) is 13.0 Å². The summed E-state index contributed by atoms with van der Waals surface area (Å²) in [4.78, 5) is 31.4. The molecule has 0 radical (unpaired) electrons. The topological polar surface area (TPSA) is 160 Å². The number of nitrogens with one attached hydrogen (secondary N) is 2. The molecule has 11 nitrogen and oxygen atoms in total. The molecule has 0 spiro atoms.